The highest BCUT2D eigenvalue weighted by Crippen LogP contribution is 2.44. The lowest BCUT2D eigenvalue weighted by molar-refractivity contribution is -0.00000706. The van der Waals surface area contributed by atoms with Crippen LogP contribution in [0.25, 0.3) is 0 Å². The molecule has 0 amide bonds. The van der Waals surface area contributed by atoms with Gasteiger partial charge in [-0.15, -0.1) is 10.2 Å². The number of aromatic nitrogens is 2. The summed E-state index contributed by atoms with van der Waals surface area (Å²) in [5, 5.41) is 8.26. The number of nitrogens with zero attached hydrogens (tertiary/aromatic N) is 4. The summed E-state index contributed by atoms with van der Waals surface area (Å²) in [6, 6.07) is 9.74. The highest BCUT2D eigenvalue weighted by Gasteiger charge is 2.23. The molecule has 1 aliphatic rings. The molecule has 2 aromatic rings. The fraction of sp³-hybridized carbons (Fsp3) is 0.412. The molecule has 0 spiro atoms. The fourth-order valence-corrected chi connectivity index (χ4v) is 2.61. The van der Waals surface area contributed by atoms with E-state index in [-0.39, 0.29) is 17.9 Å². The third kappa shape index (κ3) is 4.50. The lowest BCUT2D eigenvalue weighted by atomic mass is 10.2. The minimum Gasteiger partial charge on any atom is -1.00 e. The van der Waals surface area contributed by atoms with Crippen molar-refractivity contribution in [3.05, 3.63) is 30.3 Å². The molecule has 0 saturated carbocycles. The van der Waals surface area contributed by atoms with E-state index < -0.39 is 0 Å². The predicted molar refractivity (Wildman–Crippen MR) is 93.5 cm³/mol. The van der Waals surface area contributed by atoms with Crippen molar-refractivity contribution < 1.29 is 27.4 Å². The smallest absolute Gasteiger partial charge is 0.263 e. The Morgan fingerprint density at radius 2 is 1.84 bits per heavy atom. The van der Waals surface area contributed by atoms with Crippen molar-refractivity contribution in [1.29, 1.82) is 0 Å². The molecule has 0 bridgehead atoms. The molecule has 25 heavy (non-hydrogen) atoms. The van der Waals surface area contributed by atoms with Gasteiger partial charge < -0.3 is 37.2 Å². The Bertz CT molecular complexity index is 683. The molecule has 2 heterocycles. The molecule has 0 unspecified atom stereocenters. The maximum atomic E-state index is 5.80. The Kier molecular flexibility index (Phi) is 7.89. The van der Waals surface area contributed by atoms with Crippen LogP contribution in [0.2, 0.25) is 0 Å². The molecule has 0 atom stereocenters. The van der Waals surface area contributed by atoms with Crippen molar-refractivity contribution in [2.75, 3.05) is 38.2 Å². The van der Waals surface area contributed by atoms with Crippen LogP contribution in [0.3, 0.4) is 0 Å². The van der Waals surface area contributed by atoms with Crippen molar-refractivity contribution in [3.63, 3.8) is 0 Å². The molecule has 138 valence electrons. The van der Waals surface area contributed by atoms with Crippen LogP contribution in [-0.2, 0) is 0 Å². The number of anilines is 2. The van der Waals surface area contributed by atoms with Gasteiger partial charge in [0.1, 0.15) is 12.3 Å². The number of para-hydroxylation sites is 2. The van der Waals surface area contributed by atoms with E-state index in [1.54, 1.807) is 0 Å². The molecule has 0 fully saturated rings. The van der Waals surface area contributed by atoms with E-state index in [1.165, 1.54) is 0 Å². The van der Waals surface area contributed by atoms with Crippen LogP contribution >= 0.6 is 0 Å². The molecule has 1 aliphatic heterocycles. The second-order valence-corrected chi connectivity index (χ2v) is 5.38. The molecular weight excluding hydrogens is 344 g/mol. The van der Waals surface area contributed by atoms with Crippen molar-refractivity contribution in [1.82, 2.24) is 15.1 Å². The first-order chi connectivity index (χ1) is 11.2. The van der Waals surface area contributed by atoms with Crippen molar-refractivity contribution in [3.8, 4) is 17.5 Å². The van der Waals surface area contributed by atoms with Gasteiger partial charge in [-0.2, -0.15) is 0 Å². The zero-order valence-corrected chi connectivity index (χ0v) is 15.5. The van der Waals surface area contributed by atoms with Gasteiger partial charge in [0.25, 0.3) is 5.88 Å². The molecule has 1 aromatic heterocycles. The van der Waals surface area contributed by atoms with Crippen LogP contribution in [0.5, 0.6) is 17.5 Å². The standard InChI is InChI=1S/C17H22N4O2.ClH.H2O/c1-4-21(5-2)10-11-22-16-12-14-17(19-18-16)23-15-9-7-6-8-13(15)20(14)3;;/h6-9,12H,4-5,10-11H2,1-3H3;1H;1H2/p-1. The largest absolute Gasteiger partial charge is 1.00 e. The molecule has 3 rings (SSSR count). The minimum absolute atomic E-state index is 0. The van der Waals surface area contributed by atoms with Gasteiger partial charge in [-0.3, -0.25) is 0 Å². The number of hydrogen-bond donors (Lipinski definition) is 0. The Balaban J connectivity index is 0.00000156. The molecule has 2 N–H and O–H groups in total. The Hall–Kier alpha value is -2.09. The van der Waals surface area contributed by atoms with E-state index in [9.17, 15) is 0 Å². The number of likely N-dealkylation sites (N-methyl/N-ethyl adjacent to an activating group) is 1. The van der Waals surface area contributed by atoms with Crippen molar-refractivity contribution >= 4 is 11.4 Å². The molecule has 0 aliphatic carbocycles. The van der Waals surface area contributed by atoms with Gasteiger partial charge in [0, 0.05) is 19.7 Å². The van der Waals surface area contributed by atoms with Gasteiger partial charge >= 0.3 is 0 Å². The second-order valence-electron chi connectivity index (χ2n) is 5.38. The van der Waals surface area contributed by atoms with Crippen LogP contribution in [0.1, 0.15) is 13.8 Å². The predicted octanol–water partition coefficient (Wildman–Crippen LogP) is -0.750. The van der Waals surface area contributed by atoms with Gasteiger partial charge in [0.2, 0.25) is 5.88 Å². The number of rotatable bonds is 6. The summed E-state index contributed by atoms with van der Waals surface area (Å²) in [6.07, 6.45) is 0. The highest BCUT2D eigenvalue weighted by molar-refractivity contribution is 5.76. The Morgan fingerprint density at radius 3 is 2.56 bits per heavy atom. The van der Waals surface area contributed by atoms with E-state index in [0.29, 0.717) is 18.4 Å². The third-order valence-electron chi connectivity index (χ3n) is 4.07. The van der Waals surface area contributed by atoms with Gasteiger partial charge in [0.15, 0.2) is 5.75 Å². The SMILES string of the molecule is CCN(CC)CCOc1cc2c(nn1)Oc1ccccc1N2C.O.[Cl-]. The van der Waals surface area contributed by atoms with Crippen LogP contribution in [0, 0.1) is 0 Å². The van der Waals surface area contributed by atoms with Crippen molar-refractivity contribution in [2.24, 2.45) is 0 Å². The first kappa shape index (κ1) is 21.0. The third-order valence-corrected chi connectivity index (χ3v) is 4.07. The summed E-state index contributed by atoms with van der Waals surface area (Å²) in [7, 11) is 1.99. The first-order valence-electron chi connectivity index (χ1n) is 7.96. The quantitative estimate of drug-likeness (QED) is 0.668. The number of ether oxygens (including phenoxy) is 2. The van der Waals surface area contributed by atoms with E-state index in [4.69, 9.17) is 9.47 Å². The Morgan fingerprint density at radius 1 is 1.12 bits per heavy atom. The van der Waals surface area contributed by atoms with Crippen molar-refractivity contribution in [2.45, 2.75) is 13.8 Å². The average molecular weight is 368 g/mol. The second kappa shape index (κ2) is 9.41. The van der Waals surface area contributed by atoms with Gasteiger partial charge in [-0.1, -0.05) is 26.0 Å². The molecular formula is C17H24ClN4O3-. The zero-order valence-electron chi connectivity index (χ0n) is 14.7. The molecule has 0 radical (unpaired) electrons. The molecule has 7 nitrogen and oxygen atoms in total. The lowest BCUT2D eigenvalue weighted by Crippen LogP contribution is -3.00. The summed E-state index contributed by atoms with van der Waals surface area (Å²) in [4.78, 5) is 4.34. The van der Waals surface area contributed by atoms with E-state index in [2.05, 4.69) is 28.9 Å². The van der Waals surface area contributed by atoms with Gasteiger partial charge in [-0.25, -0.2) is 0 Å². The van der Waals surface area contributed by atoms with Crippen LogP contribution < -0.4 is 26.8 Å². The minimum atomic E-state index is 0. The zero-order chi connectivity index (χ0) is 16.2. The molecule has 1 aromatic carbocycles. The Labute approximate surface area is 154 Å². The topological polar surface area (TPSA) is 82.2 Å². The summed E-state index contributed by atoms with van der Waals surface area (Å²) in [5.41, 5.74) is 1.86. The summed E-state index contributed by atoms with van der Waals surface area (Å²) in [5.74, 6) is 1.81. The van der Waals surface area contributed by atoms with Crippen LogP contribution in [0.4, 0.5) is 11.4 Å². The maximum Gasteiger partial charge on any atom is 0.263 e. The monoisotopic (exact) mass is 367 g/mol. The summed E-state index contributed by atoms with van der Waals surface area (Å²) >= 11 is 0. The first-order valence-corrected chi connectivity index (χ1v) is 7.96. The van der Waals surface area contributed by atoms with E-state index >= 15 is 0 Å². The van der Waals surface area contributed by atoms with Gasteiger partial charge in [-0.05, 0) is 25.2 Å². The number of halogens is 1. The highest BCUT2D eigenvalue weighted by atomic mass is 35.5. The molecule has 0 saturated heterocycles. The number of hydrogen-bond acceptors (Lipinski definition) is 6. The fourth-order valence-electron chi connectivity index (χ4n) is 2.61. The normalized spacial score (nSPS) is 11.6. The van der Waals surface area contributed by atoms with Gasteiger partial charge in [0.05, 0.1) is 5.69 Å². The number of fused-ring (bicyclic) bond motifs is 2. The molecule has 8 heteroatoms. The average Bonchev–Trinajstić information content (AvgIpc) is 2.59. The summed E-state index contributed by atoms with van der Waals surface area (Å²) in [6.45, 7) is 7.79. The van der Waals surface area contributed by atoms with Crippen LogP contribution in [-0.4, -0.2) is 53.9 Å². The van der Waals surface area contributed by atoms with E-state index in [0.717, 1.165) is 36.8 Å². The lowest BCUT2D eigenvalue weighted by Gasteiger charge is -2.28. The number of benzene rings is 1. The maximum absolute atomic E-state index is 5.80. The van der Waals surface area contributed by atoms with Crippen LogP contribution in [0.15, 0.2) is 30.3 Å². The summed E-state index contributed by atoms with van der Waals surface area (Å²) < 4.78 is 11.5. The van der Waals surface area contributed by atoms with E-state index in [1.807, 2.05) is 42.3 Å².